The maximum Gasteiger partial charge on any atom is 0.260 e. The molecule has 0 fully saturated rings. The molecule has 11 heavy (non-hydrogen) atoms. The van der Waals surface area contributed by atoms with E-state index in [2.05, 4.69) is 10.1 Å². The summed E-state index contributed by atoms with van der Waals surface area (Å²) in [6.45, 7) is 3.95. The van der Waals surface area contributed by atoms with Crippen molar-refractivity contribution in [2.75, 3.05) is 5.73 Å². The highest BCUT2D eigenvalue weighted by molar-refractivity contribution is 5.11. The zero-order valence-electron chi connectivity index (χ0n) is 6.61. The highest BCUT2D eigenvalue weighted by Gasteiger charge is 2.16. The van der Waals surface area contributed by atoms with E-state index in [4.69, 9.17) is 16.0 Å². The van der Waals surface area contributed by atoms with Gasteiger partial charge in [0, 0.05) is 0 Å². The summed E-state index contributed by atoms with van der Waals surface area (Å²) in [5.41, 5.74) is 10.9. The third kappa shape index (κ3) is 1.68. The van der Waals surface area contributed by atoms with Gasteiger partial charge in [-0.3, -0.25) is 0 Å². The summed E-state index contributed by atoms with van der Waals surface area (Å²) >= 11 is 0. The Hall–Kier alpha value is -1.10. The molecule has 0 spiro atoms. The first-order valence-electron chi connectivity index (χ1n) is 3.46. The van der Waals surface area contributed by atoms with Crippen molar-refractivity contribution < 1.29 is 4.52 Å². The lowest BCUT2D eigenvalue weighted by molar-refractivity contribution is 0.325. The minimum Gasteiger partial charge on any atom is -0.365 e. The van der Waals surface area contributed by atoms with Gasteiger partial charge in [-0.15, -0.1) is 0 Å². The predicted molar refractivity (Wildman–Crippen MR) is 40.5 cm³/mol. The van der Waals surface area contributed by atoms with Crippen molar-refractivity contribution in [3.05, 3.63) is 5.89 Å². The number of nitrogen functional groups attached to an aromatic ring is 1. The van der Waals surface area contributed by atoms with Crippen molar-refractivity contribution in [1.82, 2.24) is 10.1 Å². The van der Waals surface area contributed by atoms with Crippen LogP contribution in [0.2, 0.25) is 0 Å². The third-order valence-corrected chi connectivity index (χ3v) is 1.46. The Labute approximate surface area is 64.8 Å². The lowest BCUT2D eigenvalue weighted by Crippen LogP contribution is -2.16. The molecule has 1 heterocycles. The van der Waals surface area contributed by atoms with Gasteiger partial charge in [-0.1, -0.05) is 13.8 Å². The van der Waals surface area contributed by atoms with E-state index in [0.717, 1.165) is 0 Å². The summed E-state index contributed by atoms with van der Waals surface area (Å²) in [5, 5.41) is 3.43. The number of hydrogen-bond donors (Lipinski definition) is 2. The monoisotopic (exact) mass is 156 g/mol. The van der Waals surface area contributed by atoms with Gasteiger partial charge in [-0.25, -0.2) is 0 Å². The third-order valence-electron chi connectivity index (χ3n) is 1.46. The van der Waals surface area contributed by atoms with Crippen molar-refractivity contribution in [3.8, 4) is 0 Å². The summed E-state index contributed by atoms with van der Waals surface area (Å²) in [7, 11) is 0. The molecular weight excluding hydrogens is 144 g/mol. The zero-order chi connectivity index (χ0) is 8.43. The maximum atomic E-state index is 5.70. The molecule has 0 unspecified atom stereocenters. The van der Waals surface area contributed by atoms with Crippen molar-refractivity contribution >= 4 is 5.95 Å². The largest absolute Gasteiger partial charge is 0.365 e. The molecule has 1 rings (SSSR count). The van der Waals surface area contributed by atoms with Crippen LogP contribution in [-0.4, -0.2) is 10.1 Å². The minimum absolute atomic E-state index is 0.135. The molecule has 5 heteroatoms. The second-order valence-electron chi connectivity index (χ2n) is 2.76. The lowest BCUT2D eigenvalue weighted by atomic mass is 10.1. The average molecular weight is 156 g/mol. The van der Waals surface area contributed by atoms with E-state index in [9.17, 15) is 0 Å². The first-order valence-corrected chi connectivity index (χ1v) is 3.46. The van der Waals surface area contributed by atoms with E-state index in [1.807, 2.05) is 13.8 Å². The first kappa shape index (κ1) is 8.00. The molecule has 1 aromatic heterocycles. The standard InChI is InChI=1S/C6H12N4O/c1-3(2)4(7)5-9-6(8)10-11-5/h3-4H,7H2,1-2H3,(H2,8,10)/t4-/m0/s1. The van der Waals surface area contributed by atoms with Crippen molar-refractivity contribution in [1.29, 1.82) is 0 Å². The van der Waals surface area contributed by atoms with Crippen molar-refractivity contribution in [3.63, 3.8) is 0 Å². The fourth-order valence-corrected chi connectivity index (χ4v) is 0.668. The van der Waals surface area contributed by atoms with E-state index in [0.29, 0.717) is 5.89 Å². The molecule has 0 aromatic carbocycles. The summed E-state index contributed by atoms with van der Waals surface area (Å²) in [5.74, 6) is 0.809. The van der Waals surface area contributed by atoms with E-state index in [-0.39, 0.29) is 17.9 Å². The van der Waals surface area contributed by atoms with Crippen molar-refractivity contribution in [2.24, 2.45) is 11.7 Å². The van der Waals surface area contributed by atoms with Crippen LogP contribution in [0.5, 0.6) is 0 Å². The highest BCUT2D eigenvalue weighted by atomic mass is 16.5. The number of nitrogens with zero attached hydrogens (tertiary/aromatic N) is 2. The Balaban J connectivity index is 2.76. The molecule has 0 aliphatic heterocycles. The predicted octanol–water partition coefficient (Wildman–Crippen LogP) is 0.308. The first-order chi connectivity index (χ1) is 5.11. The number of hydrogen-bond acceptors (Lipinski definition) is 5. The molecular formula is C6H12N4O. The second-order valence-corrected chi connectivity index (χ2v) is 2.76. The van der Waals surface area contributed by atoms with Crippen LogP contribution in [0, 0.1) is 5.92 Å². The molecule has 0 aliphatic carbocycles. The van der Waals surface area contributed by atoms with Gasteiger partial charge in [0.15, 0.2) is 0 Å². The van der Waals surface area contributed by atoms with Crippen molar-refractivity contribution in [2.45, 2.75) is 19.9 Å². The van der Waals surface area contributed by atoms with Crippen LogP contribution < -0.4 is 11.5 Å². The Morgan fingerprint density at radius 1 is 1.45 bits per heavy atom. The number of anilines is 1. The molecule has 0 saturated carbocycles. The summed E-state index contributed by atoms with van der Waals surface area (Å²) < 4.78 is 4.78. The maximum absolute atomic E-state index is 5.70. The van der Waals surface area contributed by atoms with Gasteiger partial charge in [-0.2, -0.15) is 4.98 Å². The average Bonchev–Trinajstić information content (AvgIpc) is 2.34. The van der Waals surface area contributed by atoms with Crippen LogP contribution in [0.1, 0.15) is 25.8 Å². The van der Waals surface area contributed by atoms with Gasteiger partial charge in [0.25, 0.3) is 5.95 Å². The highest BCUT2D eigenvalue weighted by Crippen LogP contribution is 2.16. The Kier molecular flexibility index (Phi) is 2.09. The van der Waals surface area contributed by atoms with Gasteiger partial charge >= 0.3 is 0 Å². The lowest BCUT2D eigenvalue weighted by Gasteiger charge is -2.08. The molecule has 0 saturated heterocycles. The molecule has 0 radical (unpaired) electrons. The summed E-state index contributed by atoms with van der Waals surface area (Å²) in [4.78, 5) is 3.81. The molecule has 4 N–H and O–H groups in total. The molecule has 0 aliphatic rings. The Morgan fingerprint density at radius 2 is 2.09 bits per heavy atom. The topological polar surface area (TPSA) is 91.0 Å². The van der Waals surface area contributed by atoms with Crippen LogP contribution >= 0.6 is 0 Å². The SMILES string of the molecule is CC(C)[C@H](N)c1nc(N)no1. The molecule has 5 nitrogen and oxygen atoms in total. The zero-order valence-corrected chi connectivity index (χ0v) is 6.61. The summed E-state index contributed by atoms with van der Waals surface area (Å²) in [6.07, 6.45) is 0. The van der Waals surface area contributed by atoms with Gasteiger partial charge in [0.05, 0.1) is 6.04 Å². The quantitative estimate of drug-likeness (QED) is 0.642. The fraction of sp³-hybridized carbons (Fsp3) is 0.667. The van der Waals surface area contributed by atoms with Gasteiger partial charge in [0.2, 0.25) is 5.89 Å². The van der Waals surface area contributed by atoms with Crippen LogP contribution in [-0.2, 0) is 0 Å². The van der Waals surface area contributed by atoms with E-state index < -0.39 is 0 Å². The summed E-state index contributed by atoms with van der Waals surface area (Å²) in [6, 6.07) is -0.222. The van der Waals surface area contributed by atoms with E-state index in [1.54, 1.807) is 0 Å². The van der Waals surface area contributed by atoms with Crippen LogP contribution in [0.25, 0.3) is 0 Å². The number of aromatic nitrogens is 2. The van der Waals surface area contributed by atoms with E-state index in [1.165, 1.54) is 0 Å². The normalized spacial score (nSPS) is 13.8. The second kappa shape index (κ2) is 2.87. The molecule has 0 amide bonds. The van der Waals surface area contributed by atoms with E-state index >= 15 is 0 Å². The Bertz CT molecular complexity index is 232. The number of rotatable bonds is 2. The molecule has 1 atom stereocenters. The van der Waals surface area contributed by atoms with Crippen LogP contribution in [0.3, 0.4) is 0 Å². The fourth-order valence-electron chi connectivity index (χ4n) is 0.668. The molecule has 0 bridgehead atoms. The van der Waals surface area contributed by atoms with Crippen LogP contribution in [0.15, 0.2) is 4.52 Å². The van der Waals surface area contributed by atoms with Crippen LogP contribution in [0.4, 0.5) is 5.95 Å². The molecule has 1 aromatic rings. The minimum atomic E-state index is -0.222. The van der Waals surface area contributed by atoms with Gasteiger partial charge < -0.3 is 16.0 Å². The molecule has 62 valence electrons. The Morgan fingerprint density at radius 3 is 2.45 bits per heavy atom. The van der Waals surface area contributed by atoms with Gasteiger partial charge in [0.1, 0.15) is 0 Å². The number of nitrogens with two attached hydrogens (primary N) is 2. The van der Waals surface area contributed by atoms with Gasteiger partial charge in [-0.05, 0) is 11.1 Å². The smallest absolute Gasteiger partial charge is 0.260 e.